The van der Waals surface area contributed by atoms with Crippen molar-refractivity contribution in [2.45, 2.75) is 25.4 Å². The third-order valence-corrected chi connectivity index (χ3v) is 5.82. The monoisotopic (exact) mass is 497 g/mol. The highest BCUT2D eigenvalue weighted by molar-refractivity contribution is 6.29. The fourth-order valence-electron chi connectivity index (χ4n) is 3.95. The SMILES string of the molecule is CC1=NC(Cc2ccc(C#N)cc2)=C(C(=O)NCC[N+](C)(C)C)C(=O)C1c1cccc(C(F)(F)F)c1. The van der Waals surface area contributed by atoms with Gasteiger partial charge in [0.25, 0.3) is 5.91 Å². The van der Waals surface area contributed by atoms with Gasteiger partial charge in [-0.15, -0.1) is 0 Å². The minimum absolute atomic E-state index is 0.130. The zero-order chi connectivity index (χ0) is 26.7. The van der Waals surface area contributed by atoms with Crippen molar-refractivity contribution in [3.05, 3.63) is 82.1 Å². The van der Waals surface area contributed by atoms with Crippen LogP contribution in [0.25, 0.3) is 0 Å². The molecule has 1 heterocycles. The number of quaternary nitrogens is 1. The van der Waals surface area contributed by atoms with Gasteiger partial charge in [-0.2, -0.15) is 18.4 Å². The highest BCUT2D eigenvalue weighted by Crippen LogP contribution is 2.35. The van der Waals surface area contributed by atoms with E-state index in [0.29, 0.717) is 28.8 Å². The summed E-state index contributed by atoms with van der Waals surface area (Å²) in [5, 5.41) is 11.8. The summed E-state index contributed by atoms with van der Waals surface area (Å²) < 4.78 is 40.5. The molecule has 0 saturated carbocycles. The van der Waals surface area contributed by atoms with Crippen LogP contribution in [0.4, 0.5) is 13.2 Å². The summed E-state index contributed by atoms with van der Waals surface area (Å²) in [4.78, 5) is 31.4. The molecule has 1 atom stereocenters. The second-order valence-electron chi connectivity index (χ2n) is 9.75. The molecule has 0 saturated heterocycles. The molecule has 2 aromatic rings. The van der Waals surface area contributed by atoms with Gasteiger partial charge in [0, 0.05) is 12.1 Å². The molecule has 2 aromatic carbocycles. The normalized spacial score (nSPS) is 16.4. The van der Waals surface area contributed by atoms with Crippen LogP contribution in [-0.2, 0) is 22.2 Å². The van der Waals surface area contributed by atoms with Crippen LogP contribution in [0.3, 0.4) is 0 Å². The highest BCUT2D eigenvalue weighted by Gasteiger charge is 2.38. The number of allylic oxidation sites excluding steroid dienone is 1. The van der Waals surface area contributed by atoms with Gasteiger partial charge in [0.05, 0.1) is 63.0 Å². The lowest BCUT2D eigenvalue weighted by Gasteiger charge is -2.26. The molecule has 0 spiro atoms. The summed E-state index contributed by atoms with van der Waals surface area (Å²) in [6.45, 7) is 2.49. The molecule has 1 N–H and O–H groups in total. The second kappa shape index (κ2) is 10.5. The Balaban J connectivity index is 2.01. The molecule has 36 heavy (non-hydrogen) atoms. The van der Waals surface area contributed by atoms with E-state index in [1.807, 2.05) is 27.2 Å². The molecule has 0 fully saturated rings. The summed E-state index contributed by atoms with van der Waals surface area (Å²) >= 11 is 0. The van der Waals surface area contributed by atoms with Crippen molar-refractivity contribution in [2.75, 3.05) is 34.2 Å². The van der Waals surface area contributed by atoms with Gasteiger partial charge in [0.2, 0.25) is 0 Å². The number of benzene rings is 2. The number of hydrogen-bond acceptors (Lipinski definition) is 4. The number of Topliss-reactive ketones (excluding diaryl/α,β-unsaturated/α-hetero) is 1. The number of halogens is 3. The number of nitrogens with zero attached hydrogens (tertiary/aromatic N) is 3. The molecule has 1 aliphatic heterocycles. The molecule has 1 amide bonds. The average molecular weight is 498 g/mol. The largest absolute Gasteiger partial charge is 0.416 e. The molecular weight excluding hydrogens is 469 g/mol. The summed E-state index contributed by atoms with van der Waals surface area (Å²) in [6, 6.07) is 13.3. The Morgan fingerprint density at radius 3 is 2.39 bits per heavy atom. The van der Waals surface area contributed by atoms with Crippen molar-refractivity contribution < 1.29 is 27.2 Å². The Morgan fingerprint density at radius 1 is 1.14 bits per heavy atom. The number of amides is 1. The predicted molar refractivity (Wildman–Crippen MR) is 130 cm³/mol. The molecular formula is C27H28F3N4O2+. The maximum absolute atomic E-state index is 13.7. The minimum atomic E-state index is -4.57. The van der Waals surface area contributed by atoms with Gasteiger partial charge in [0.1, 0.15) is 5.57 Å². The predicted octanol–water partition coefficient (Wildman–Crippen LogP) is 4.02. The average Bonchev–Trinajstić information content (AvgIpc) is 2.78. The van der Waals surface area contributed by atoms with Crippen LogP contribution in [0.2, 0.25) is 0 Å². The number of ketones is 1. The van der Waals surface area contributed by atoms with Crippen molar-refractivity contribution in [2.24, 2.45) is 4.99 Å². The van der Waals surface area contributed by atoms with E-state index >= 15 is 0 Å². The number of rotatable bonds is 7. The Bertz CT molecular complexity index is 1260. The quantitative estimate of drug-likeness (QED) is 0.463. The molecule has 0 aromatic heterocycles. The molecule has 1 aliphatic rings. The van der Waals surface area contributed by atoms with Crippen LogP contribution in [0.15, 0.2) is 64.8 Å². The third kappa shape index (κ3) is 6.46. The van der Waals surface area contributed by atoms with Crippen molar-refractivity contribution in [3.8, 4) is 6.07 Å². The molecule has 0 bridgehead atoms. The van der Waals surface area contributed by atoms with Gasteiger partial charge in [-0.25, -0.2) is 0 Å². The minimum Gasteiger partial charge on any atom is -0.346 e. The van der Waals surface area contributed by atoms with E-state index < -0.39 is 29.3 Å². The Kier molecular flexibility index (Phi) is 7.80. The van der Waals surface area contributed by atoms with Crippen LogP contribution in [-0.4, -0.2) is 56.1 Å². The Hall–Kier alpha value is -3.77. The van der Waals surface area contributed by atoms with E-state index in [1.54, 1.807) is 31.2 Å². The fourth-order valence-corrected chi connectivity index (χ4v) is 3.95. The lowest BCUT2D eigenvalue weighted by Crippen LogP contribution is -2.43. The number of carbonyl (C=O) groups excluding carboxylic acids is 2. The van der Waals surface area contributed by atoms with Gasteiger partial charge in [0.15, 0.2) is 5.78 Å². The Labute approximate surface area is 208 Å². The Morgan fingerprint density at radius 2 is 1.81 bits per heavy atom. The van der Waals surface area contributed by atoms with E-state index in [4.69, 9.17) is 5.26 Å². The highest BCUT2D eigenvalue weighted by atomic mass is 19.4. The molecule has 0 aliphatic carbocycles. The summed E-state index contributed by atoms with van der Waals surface area (Å²) in [5.41, 5.74) is 0.859. The van der Waals surface area contributed by atoms with E-state index in [9.17, 15) is 22.8 Å². The van der Waals surface area contributed by atoms with E-state index in [0.717, 1.165) is 17.7 Å². The maximum Gasteiger partial charge on any atom is 0.416 e. The summed E-state index contributed by atoms with van der Waals surface area (Å²) in [7, 11) is 5.89. The fraction of sp³-hybridized carbons (Fsp3) is 0.333. The number of nitriles is 1. The number of hydrogen-bond donors (Lipinski definition) is 1. The van der Waals surface area contributed by atoms with Gasteiger partial charge in [-0.05, 0) is 36.2 Å². The maximum atomic E-state index is 13.7. The van der Waals surface area contributed by atoms with Gasteiger partial charge in [-0.3, -0.25) is 14.6 Å². The van der Waals surface area contributed by atoms with E-state index in [2.05, 4.69) is 10.3 Å². The standard InChI is InChI=1S/C27H27F3N4O2/c1-17-23(20-6-5-7-21(15-20)27(28,29)30)25(35)24(26(36)32-12-13-34(2,3)4)22(33-17)14-18-8-10-19(16-31)11-9-18/h5-11,15,23H,12-14H2,1-4H3/p+1. The zero-order valence-corrected chi connectivity index (χ0v) is 20.6. The van der Waals surface area contributed by atoms with Crippen molar-refractivity contribution in [1.29, 1.82) is 5.26 Å². The van der Waals surface area contributed by atoms with E-state index in [1.165, 1.54) is 12.1 Å². The first-order valence-corrected chi connectivity index (χ1v) is 11.4. The third-order valence-electron chi connectivity index (χ3n) is 5.82. The van der Waals surface area contributed by atoms with Gasteiger partial charge in [-0.1, -0.05) is 30.3 Å². The van der Waals surface area contributed by atoms with E-state index in [-0.39, 0.29) is 23.3 Å². The topological polar surface area (TPSA) is 82.3 Å². The van der Waals surface area contributed by atoms with Crippen LogP contribution >= 0.6 is 0 Å². The lowest BCUT2D eigenvalue weighted by molar-refractivity contribution is -0.869. The first kappa shape index (κ1) is 26.8. The second-order valence-corrected chi connectivity index (χ2v) is 9.75. The van der Waals surface area contributed by atoms with Crippen LogP contribution in [0.1, 0.15) is 35.1 Å². The molecule has 3 rings (SSSR count). The molecule has 6 nitrogen and oxygen atoms in total. The number of alkyl halides is 3. The smallest absolute Gasteiger partial charge is 0.346 e. The van der Waals surface area contributed by atoms with Crippen LogP contribution in [0.5, 0.6) is 0 Å². The summed E-state index contributed by atoms with van der Waals surface area (Å²) in [6.07, 6.45) is -4.41. The number of aliphatic imine (C=N–C) groups is 1. The van der Waals surface area contributed by atoms with Crippen molar-refractivity contribution >= 4 is 17.4 Å². The number of nitrogens with one attached hydrogen (secondary N) is 1. The lowest BCUT2D eigenvalue weighted by atomic mass is 9.82. The van der Waals surface area contributed by atoms with Crippen molar-refractivity contribution in [1.82, 2.24) is 5.32 Å². The first-order chi connectivity index (χ1) is 16.8. The molecule has 188 valence electrons. The van der Waals surface area contributed by atoms with Crippen LogP contribution < -0.4 is 5.32 Å². The van der Waals surface area contributed by atoms with Crippen molar-refractivity contribution in [3.63, 3.8) is 0 Å². The molecule has 9 heteroatoms. The van der Waals surface area contributed by atoms with Gasteiger partial charge >= 0.3 is 6.18 Å². The first-order valence-electron chi connectivity index (χ1n) is 11.4. The molecule has 0 radical (unpaired) electrons. The number of likely N-dealkylation sites (N-methyl/N-ethyl adjacent to an activating group) is 1. The zero-order valence-electron chi connectivity index (χ0n) is 20.6. The number of carbonyl (C=O) groups is 2. The van der Waals surface area contributed by atoms with Crippen LogP contribution in [0, 0.1) is 11.3 Å². The summed E-state index contributed by atoms with van der Waals surface area (Å²) in [5.74, 6) is -2.30. The van der Waals surface area contributed by atoms with Gasteiger partial charge < -0.3 is 9.80 Å². The molecule has 1 unspecified atom stereocenters.